The average molecular weight is 373 g/mol. The van der Waals surface area contributed by atoms with Crippen molar-refractivity contribution in [2.45, 2.75) is 69.9 Å². The summed E-state index contributed by atoms with van der Waals surface area (Å²) in [6.45, 7) is 1.71. The molecule has 0 aromatic rings. The fraction of sp³-hybridized carbons (Fsp3) is 0.941. The van der Waals surface area contributed by atoms with Gasteiger partial charge in [0.25, 0.3) is 10.2 Å². The third kappa shape index (κ3) is 4.46. The Bertz CT molecular complexity index is 548. The van der Waals surface area contributed by atoms with Crippen LogP contribution in [0.15, 0.2) is 0 Å². The molecule has 144 valence electrons. The summed E-state index contributed by atoms with van der Waals surface area (Å²) in [6, 6.07) is 0.388. The molecule has 1 heterocycles. The number of hydrogen-bond donors (Lipinski definition) is 1. The van der Waals surface area contributed by atoms with Crippen molar-refractivity contribution in [2.75, 3.05) is 33.2 Å². The van der Waals surface area contributed by atoms with Crippen molar-refractivity contribution in [3.63, 3.8) is 0 Å². The van der Waals surface area contributed by atoms with Gasteiger partial charge in [0.05, 0.1) is 0 Å². The lowest BCUT2D eigenvalue weighted by molar-refractivity contribution is 0.164. The predicted molar refractivity (Wildman–Crippen MR) is 97.5 cm³/mol. The highest BCUT2D eigenvalue weighted by molar-refractivity contribution is 7.86. The molecule has 1 N–H and O–H groups in total. The van der Waals surface area contributed by atoms with Gasteiger partial charge in [-0.2, -0.15) is 17.0 Å². The summed E-state index contributed by atoms with van der Waals surface area (Å²) in [5.74, 6) is 0. The Morgan fingerprint density at radius 2 is 1.48 bits per heavy atom. The van der Waals surface area contributed by atoms with Crippen molar-refractivity contribution in [1.29, 1.82) is 0 Å². The molecule has 2 saturated carbocycles. The second kappa shape index (κ2) is 8.22. The van der Waals surface area contributed by atoms with E-state index in [0.29, 0.717) is 32.2 Å². The van der Waals surface area contributed by atoms with Crippen LogP contribution >= 0.6 is 0 Å². The summed E-state index contributed by atoms with van der Waals surface area (Å²) in [7, 11) is -1.71. The summed E-state index contributed by atoms with van der Waals surface area (Å²) in [6.07, 6.45) is 9.84. The van der Waals surface area contributed by atoms with Gasteiger partial charge >= 0.3 is 6.03 Å². The first kappa shape index (κ1) is 18.9. The van der Waals surface area contributed by atoms with Gasteiger partial charge in [-0.05, 0) is 25.7 Å². The summed E-state index contributed by atoms with van der Waals surface area (Å²) in [5, 5.41) is 3.09. The van der Waals surface area contributed by atoms with E-state index in [1.54, 1.807) is 20.6 Å². The zero-order valence-electron chi connectivity index (χ0n) is 15.3. The molecule has 1 aliphatic heterocycles. The molecular formula is C17H32N4O3S. The van der Waals surface area contributed by atoms with E-state index in [1.165, 1.54) is 19.3 Å². The van der Waals surface area contributed by atoms with Gasteiger partial charge in [0, 0.05) is 45.3 Å². The summed E-state index contributed by atoms with van der Waals surface area (Å²) >= 11 is 0. The molecule has 1 saturated heterocycles. The van der Waals surface area contributed by atoms with Crippen LogP contribution in [0.25, 0.3) is 0 Å². The van der Waals surface area contributed by atoms with E-state index in [9.17, 15) is 13.2 Å². The zero-order valence-corrected chi connectivity index (χ0v) is 16.1. The number of nitrogens with one attached hydrogen (secondary N) is 1. The van der Waals surface area contributed by atoms with Gasteiger partial charge in [0.2, 0.25) is 0 Å². The number of piperazine rings is 1. The zero-order chi connectivity index (χ0) is 17.9. The summed E-state index contributed by atoms with van der Waals surface area (Å²) < 4.78 is 28.9. The fourth-order valence-corrected chi connectivity index (χ4v) is 5.85. The second-order valence-electron chi connectivity index (χ2n) is 7.63. The van der Waals surface area contributed by atoms with Crippen LogP contribution in [0.5, 0.6) is 0 Å². The normalized spacial score (nSPS) is 24.8. The molecule has 2 amide bonds. The summed E-state index contributed by atoms with van der Waals surface area (Å²) in [5.41, 5.74) is 0. The number of amides is 2. The first-order valence-electron chi connectivity index (χ1n) is 9.77. The van der Waals surface area contributed by atoms with Gasteiger partial charge in [-0.3, -0.25) is 0 Å². The molecule has 0 radical (unpaired) electrons. The molecule has 2 aliphatic carbocycles. The van der Waals surface area contributed by atoms with Crippen molar-refractivity contribution in [1.82, 2.24) is 18.8 Å². The van der Waals surface area contributed by atoms with E-state index in [1.807, 2.05) is 0 Å². The summed E-state index contributed by atoms with van der Waals surface area (Å²) in [4.78, 5) is 14.1. The van der Waals surface area contributed by atoms with Crippen molar-refractivity contribution < 1.29 is 13.2 Å². The highest BCUT2D eigenvalue weighted by Crippen LogP contribution is 2.25. The molecule has 3 rings (SSSR count). The van der Waals surface area contributed by atoms with Crippen molar-refractivity contribution in [3.05, 3.63) is 0 Å². The topological polar surface area (TPSA) is 73.0 Å². The van der Waals surface area contributed by atoms with Crippen molar-refractivity contribution in [2.24, 2.45) is 0 Å². The van der Waals surface area contributed by atoms with Crippen LogP contribution in [0.2, 0.25) is 0 Å². The third-order valence-electron chi connectivity index (χ3n) is 5.99. The molecule has 3 aliphatic rings. The van der Waals surface area contributed by atoms with E-state index in [4.69, 9.17) is 0 Å². The molecule has 8 heteroatoms. The van der Waals surface area contributed by atoms with Crippen molar-refractivity contribution in [3.8, 4) is 0 Å². The van der Waals surface area contributed by atoms with Crippen LogP contribution in [0.3, 0.4) is 0 Å². The van der Waals surface area contributed by atoms with Gasteiger partial charge < -0.3 is 10.2 Å². The lowest BCUT2D eigenvalue weighted by atomic mass is 9.96. The monoisotopic (exact) mass is 372 g/mol. The predicted octanol–water partition coefficient (Wildman–Crippen LogP) is 1.77. The Hall–Kier alpha value is -0.860. The molecule has 0 atom stereocenters. The Morgan fingerprint density at radius 1 is 0.920 bits per heavy atom. The van der Waals surface area contributed by atoms with E-state index in [-0.39, 0.29) is 12.1 Å². The number of rotatable bonds is 4. The molecule has 3 fully saturated rings. The van der Waals surface area contributed by atoms with Crippen LogP contribution in [0.4, 0.5) is 4.79 Å². The maximum absolute atomic E-state index is 12.9. The van der Waals surface area contributed by atoms with Gasteiger partial charge in [0.15, 0.2) is 0 Å². The van der Waals surface area contributed by atoms with Gasteiger partial charge in [-0.1, -0.05) is 32.1 Å². The molecule has 0 unspecified atom stereocenters. The lowest BCUT2D eigenvalue weighted by Crippen LogP contribution is -2.57. The first-order valence-corrected chi connectivity index (χ1v) is 11.2. The lowest BCUT2D eigenvalue weighted by Gasteiger charge is -2.38. The minimum absolute atomic E-state index is 0.0374. The molecular weight excluding hydrogens is 340 g/mol. The second-order valence-corrected chi connectivity index (χ2v) is 9.62. The van der Waals surface area contributed by atoms with Crippen LogP contribution in [-0.2, 0) is 10.2 Å². The minimum Gasteiger partial charge on any atom is -0.335 e. The van der Waals surface area contributed by atoms with Gasteiger partial charge in [-0.25, -0.2) is 4.79 Å². The van der Waals surface area contributed by atoms with E-state index in [2.05, 4.69) is 5.32 Å². The highest BCUT2D eigenvalue weighted by atomic mass is 32.2. The molecule has 0 bridgehead atoms. The fourth-order valence-electron chi connectivity index (χ4n) is 4.27. The number of hydrogen-bond acceptors (Lipinski definition) is 3. The number of carbonyl (C=O) groups is 1. The Morgan fingerprint density at radius 3 is 2.08 bits per heavy atom. The van der Waals surface area contributed by atoms with Gasteiger partial charge in [-0.15, -0.1) is 0 Å². The minimum atomic E-state index is -3.42. The SMILES string of the molecule is CN(C1CCCCC1)S(=O)(=O)N1CCN(C(=O)NC2CCCC2)CC1. The van der Waals surface area contributed by atoms with Gasteiger partial charge in [0.1, 0.15) is 0 Å². The Kier molecular flexibility index (Phi) is 6.22. The Labute approximate surface area is 151 Å². The number of urea groups is 1. The molecule has 0 aromatic carbocycles. The van der Waals surface area contributed by atoms with E-state index < -0.39 is 10.2 Å². The quantitative estimate of drug-likeness (QED) is 0.817. The van der Waals surface area contributed by atoms with E-state index >= 15 is 0 Å². The maximum Gasteiger partial charge on any atom is 0.317 e. The molecule has 7 nitrogen and oxygen atoms in total. The van der Waals surface area contributed by atoms with Crippen LogP contribution < -0.4 is 5.32 Å². The largest absolute Gasteiger partial charge is 0.335 e. The third-order valence-corrected chi connectivity index (χ3v) is 8.03. The van der Waals surface area contributed by atoms with Crippen LogP contribution in [0, 0.1) is 0 Å². The molecule has 0 aromatic heterocycles. The smallest absolute Gasteiger partial charge is 0.317 e. The average Bonchev–Trinajstić information content (AvgIpc) is 3.15. The molecule has 25 heavy (non-hydrogen) atoms. The number of carbonyl (C=O) groups excluding carboxylic acids is 1. The number of nitrogens with zero attached hydrogens (tertiary/aromatic N) is 3. The highest BCUT2D eigenvalue weighted by Gasteiger charge is 2.35. The molecule has 0 spiro atoms. The maximum atomic E-state index is 12.9. The Balaban J connectivity index is 1.51. The van der Waals surface area contributed by atoms with E-state index in [0.717, 1.165) is 38.5 Å². The van der Waals surface area contributed by atoms with Crippen LogP contribution in [0.1, 0.15) is 57.8 Å². The van der Waals surface area contributed by atoms with Crippen molar-refractivity contribution >= 4 is 16.2 Å². The van der Waals surface area contributed by atoms with Crippen LogP contribution in [-0.4, -0.2) is 73.3 Å². The standard InChI is InChI=1S/C17H32N4O3S/c1-19(16-9-3-2-4-10-16)25(23,24)21-13-11-20(12-14-21)17(22)18-15-7-5-6-8-15/h15-16H,2-14H2,1H3,(H,18,22). The first-order chi connectivity index (χ1) is 12.0.